The minimum Gasteiger partial charge on any atom is -0.393 e. The summed E-state index contributed by atoms with van der Waals surface area (Å²) in [5.41, 5.74) is 0. The van der Waals surface area contributed by atoms with E-state index in [0.29, 0.717) is 19.3 Å². The monoisotopic (exact) mass is 273 g/mol. The molecular formula is C15H31NO3. The number of hydrogen-bond acceptors (Lipinski definition) is 4. The zero-order chi connectivity index (χ0) is 14.1. The van der Waals surface area contributed by atoms with E-state index in [0.717, 1.165) is 38.1 Å². The van der Waals surface area contributed by atoms with Crippen molar-refractivity contribution in [3.63, 3.8) is 0 Å². The van der Waals surface area contributed by atoms with E-state index in [1.807, 2.05) is 6.92 Å². The van der Waals surface area contributed by atoms with E-state index in [-0.39, 0.29) is 6.10 Å². The highest BCUT2D eigenvalue weighted by molar-refractivity contribution is 4.71. The predicted octanol–water partition coefficient (Wildman–Crippen LogP) is 1.69. The van der Waals surface area contributed by atoms with Gasteiger partial charge in [0.05, 0.1) is 24.9 Å². The van der Waals surface area contributed by atoms with Crippen LogP contribution in [0, 0.1) is 5.92 Å². The third-order valence-electron chi connectivity index (χ3n) is 3.99. The van der Waals surface area contributed by atoms with Gasteiger partial charge in [0, 0.05) is 6.54 Å². The van der Waals surface area contributed by atoms with Gasteiger partial charge in [-0.3, -0.25) is 0 Å². The Morgan fingerprint density at radius 3 is 2.47 bits per heavy atom. The van der Waals surface area contributed by atoms with E-state index < -0.39 is 6.10 Å². The Kier molecular flexibility index (Phi) is 8.62. The summed E-state index contributed by atoms with van der Waals surface area (Å²) in [6.07, 6.45) is 5.93. The molecule has 1 saturated carbocycles. The summed E-state index contributed by atoms with van der Waals surface area (Å²) >= 11 is 0. The molecule has 1 aliphatic rings. The molecule has 0 aromatic rings. The van der Waals surface area contributed by atoms with Gasteiger partial charge in [-0.05, 0) is 51.0 Å². The molecular weight excluding hydrogens is 242 g/mol. The molecule has 1 fully saturated rings. The summed E-state index contributed by atoms with van der Waals surface area (Å²) in [7, 11) is 0. The van der Waals surface area contributed by atoms with Gasteiger partial charge >= 0.3 is 0 Å². The molecule has 2 unspecified atom stereocenters. The standard InChI is InChI=1S/C15H31NO3/c1-3-13(17)8-9-16-10-14(18)11-19-15-6-4-12(2)5-7-15/h12-18H,3-11H2,1-2H3. The maximum absolute atomic E-state index is 9.80. The van der Waals surface area contributed by atoms with Crippen LogP contribution >= 0.6 is 0 Å². The van der Waals surface area contributed by atoms with Gasteiger partial charge in [0.1, 0.15) is 0 Å². The number of nitrogens with one attached hydrogen (secondary N) is 1. The third kappa shape index (κ3) is 7.88. The van der Waals surface area contributed by atoms with Gasteiger partial charge in [-0.1, -0.05) is 13.8 Å². The van der Waals surface area contributed by atoms with E-state index in [1.54, 1.807) is 0 Å². The van der Waals surface area contributed by atoms with Crippen LogP contribution in [0.1, 0.15) is 52.4 Å². The van der Waals surface area contributed by atoms with Gasteiger partial charge in [0.2, 0.25) is 0 Å². The highest BCUT2D eigenvalue weighted by atomic mass is 16.5. The maximum Gasteiger partial charge on any atom is 0.0897 e. The molecule has 0 saturated heterocycles. The average molecular weight is 273 g/mol. The van der Waals surface area contributed by atoms with Crippen molar-refractivity contribution in [1.82, 2.24) is 5.32 Å². The van der Waals surface area contributed by atoms with Gasteiger partial charge in [-0.15, -0.1) is 0 Å². The molecule has 0 aliphatic heterocycles. The minimum atomic E-state index is -0.446. The number of rotatable bonds is 9. The first-order valence-corrected chi connectivity index (χ1v) is 7.80. The Labute approximate surface area is 117 Å². The molecule has 114 valence electrons. The molecule has 0 aromatic heterocycles. The van der Waals surface area contributed by atoms with E-state index >= 15 is 0 Å². The molecule has 2 atom stereocenters. The van der Waals surface area contributed by atoms with Crippen LogP contribution in [0.2, 0.25) is 0 Å². The third-order valence-corrected chi connectivity index (χ3v) is 3.99. The van der Waals surface area contributed by atoms with Crippen LogP contribution in [0.5, 0.6) is 0 Å². The lowest BCUT2D eigenvalue weighted by atomic mass is 9.89. The highest BCUT2D eigenvalue weighted by Crippen LogP contribution is 2.25. The highest BCUT2D eigenvalue weighted by Gasteiger charge is 2.19. The summed E-state index contributed by atoms with van der Waals surface area (Å²) in [5.74, 6) is 0.830. The van der Waals surface area contributed by atoms with Crippen molar-refractivity contribution in [2.75, 3.05) is 19.7 Å². The Bertz CT molecular complexity index is 217. The predicted molar refractivity (Wildman–Crippen MR) is 77.2 cm³/mol. The number of aliphatic hydroxyl groups is 2. The van der Waals surface area contributed by atoms with Gasteiger partial charge in [-0.25, -0.2) is 0 Å². The molecule has 1 aliphatic carbocycles. The van der Waals surface area contributed by atoms with Crippen LogP contribution in [-0.2, 0) is 4.74 Å². The zero-order valence-corrected chi connectivity index (χ0v) is 12.5. The molecule has 0 radical (unpaired) electrons. The molecule has 3 N–H and O–H groups in total. The SMILES string of the molecule is CCC(O)CCNCC(O)COC1CCC(C)CC1. The smallest absolute Gasteiger partial charge is 0.0897 e. The van der Waals surface area contributed by atoms with Crippen molar-refractivity contribution in [3.8, 4) is 0 Å². The summed E-state index contributed by atoms with van der Waals surface area (Å²) in [4.78, 5) is 0. The summed E-state index contributed by atoms with van der Waals surface area (Å²) in [6, 6.07) is 0. The number of ether oxygens (including phenoxy) is 1. The van der Waals surface area contributed by atoms with E-state index in [2.05, 4.69) is 12.2 Å². The summed E-state index contributed by atoms with van der Waals surface area (Å²) in [6.45, 7) is 5.97. The molecule has 0 aromatic carbocycles. The first-order valence-electron chi connectivity index (χ1n) is 7.80. The molecule has 1 rings (SSSR count). The maximum atomic E-state index is 9.80. The van der Waals surface area contributed by atoms with E-state index in [9.17, 15) is 10.2 Å². The molecule has 0 bridgehead atoms. The molecule has 19 heavy (non-hydrogen) atoms. The van der Waals surface area contributed by atoms with Gasteiger partial charge in [-0.2, -0.15) is 0 Å². The second-order valence-electron chi connectivity index (χ2n) is 5.92. The van der Waals surface area contributed by atoms with Crippen LogP contribution in [-0.4, -0.2) is 48.2 Å². The quantitative estimate of drug-likeness (QED) is 0.560. The van der Waals surface area contributed by atoms with Crippen LogP contribution in [0.4, 0.5) is 0 Å². The molecule has 4 nitrogen and oxygen atoms in total. The molecule has 0 heterocycles. The van der Waals surface area contributed by atoms with Gasteiger partial charge in [0.15, 0.2) is 0 Å². The number of hydrogen-bond donors (Lipinski definition) is 3. The van der Waals surface area contributed by atoms with Crippen molar-refractivity contribution in [3.05, 3.63) is 0 Å². The lowest BCUT2D eigenvalue weighted by Gasteiger charge is -2.27. The second kappa shape index (κ2) is 9.70. The van der Waals surface area contributed by atoms with Crippen molar-refractivity contribution in [1.29, 1.82) is 0 Å². The van der Waals surface area contributed by atoms with E-state index in [1.165, 1.54) is 12.8 Å². The fourth-order valence-corrected chi connectivity index (χ4v) is 2.44. The van der Waals surface area contributed by atoms with Gasteiger partial charge < -0.3 is 20.3 Å². The molecule has 0 amide bonds. The van der Waals surface area contributed by atoms with Crippen molar-refractivity contribution in [2.24, 2.45) is 5.92 Å². The Hall–Kier alpha value is -0.160. The second-order valence-corrected chi connectivity index (χ2v) is 5.92. The fraction of sp³-hybridized carbons (Fsp3) is 1.00. The van der Waals surface area contributed by atoms with Crippen molar-refractivity contribution < 1.29 is 14.9 Å². The largest absolute Gasteiger partial charge is 0.393 e. The zero-order valence-electron chi connectivity index (χ0n) is 12.5. The van der Waals surface area contributed by atoms with Crippen LogP contribution in [0.3, 0.4) is 0 Å². The lowest BCUT2D eigenvalue weighted by molar-refractivity contribution is -0.0279. The topological polar surface area (TPSA) is 61.7 Å². The van der Waals surface area contributed by atoms with Crippen molar-refractivity contribution in [2.45, 2.75) is 70.7 Å². The lowest BCUT2D eigenvalue weighted by Crippen LogP contribution is -2.34. The van der Waals surface area contributed by atoms with Crippen molar-refractivity contribution >= 4 is 0 Å². The normalized spacial score (nSPS) is 27.2. The summed E-state index contributed by atoms with van der Waals surface area (Å²) < 4.78 is 5.75. The van der Waals surface area contributed by atoms with Crippen LogP contribution in [0.25, 0.3) is 0 Å². The Balaban J connectivity index is 1.97. The first-order chi connectivity index (χ1) is 9.11. The molecule has 4 heteroatoms. The van der Waals surface area contributed by atoms with Gasteiger partial charge in [0.25, 0.3) is 0 Å². The Morgan fingerprint density at radius 2 is 1.84 bits per heavy atom. The Morgan fingerprint density at radius 1 is 1.16 bits per heavy atom. The number of aliphatic hydroxyl groups excluding tert-OH is 2. The average Bonchev–Trinajstić information content (AvgIpc) is 2.42. The first kappa shape index (κ1) is 16.9. The van der Waals surface area contributed by atoms with Crippen LogP contribution < -0.4 is 5.32 Å². The fourth-order valence-electron chi connectivity index (χ4n) is 2.44. The van der Waals surface area contributed by atoms with Crippen LogP contribution in [0.15, 0.2) is 0 Å². The van der Waals surface area contributed by atoms with E-state index in [4.69, 9.17) is 4.74 Å². The minimum absolute atomic E-state index is 0.231. The molecule has 0 spiro atoms. The summed E-state index contributed by atoms with van der Waals surface area (Å²) in [5, 5.41) is 22.4.